The minimum absolute atomic E-state index is 0.169. The maximum Gasteiger partial charge on any atom is 0.309 e. The van der Waals surface area contributed by atoms with Crippen molar-refractivity contribution in [2.24, 2.45) is 5.41 Å². The molecule has 0 aromatic carbocycles. The zero-order valence-corrected chi connectivity index (χ0v) is 9.08. The van der Waals surface area contributed by atoms with E-state index in [1.54, 1.807) is 0 Å². The SMILES string of the molecule is CCCC(C)(CC1CCCO1)C(=O)O. The van der Waals surface area contributed by atoms with Gasteiger partial charge in [0.25, 0.3) is 0 Å². The number of rotatable bonds is 5. The minimum atomic E-state index is -0.685. The van der Waals surface area contributed by atoms with Gasteiger partial charge in [0.15, 0.2) is 0 Å². The third-order valence-electron chi connectivity index (χ3n) is 3.02. The van der Waals surface area contributed by atoms with Gasteiger partial charge in [0.05, 0.1) is 11.5 Å². The molecule has 3 heteroatoms. The van der Waals surface area contributed by atoms with E-state index in [0.29, 0.717) is 6.42 Å². The molecule has 14 heavy (non-hydrogen) atoms. The smallest absolute Gasteiger partial charge is 0.309 e. The first-order chi connectivity index (χ1) is 6.58. The highest BCUT2D eigenvalue weighted by Crippen LogP contribution is 2.33. The molecule has 0 aliphatic carbocycles. The van der Waals surface area contributed by atoms with E-state index < -0.39 is 11.4 Å². The van der Waals surface area contributed by atoms with Crippen LogP contribution in [0.5, 0.6) is 0 Å². The van der Waals surface area contributed by atoms with Crippen LogP contribution in [0.2, 0.25) is 0 Å². The van der Waals surface area contributed by atoms with Crippen molar-refractivity contribution in [2.75, 3.05) is 6.61 Å². The van der Waals surface area contributed by atoms with Gasteiger partial charge in [-0.2, -0.15) is 0 Å². The maximum absolute atomic E-state index is 11.1. The fourth-order valence-corrected chi connectivity index (χ4v) is 2.16. The van der Waals surface area contributed by atoms with Crippen molar-refractivity contribution in [3.63, 3.8) is 0 Å². The van der Waals surface area contributed by atoms with Crippen LogP contribution in [-0.2, 0) is 9.53 Å². The molecule has 0 spiro atoms. The molecule has 1 saturated heterocycles. The summed E-state index contributed by atoms with van der Waals surface area (Å²) in [5, 5.41) is 9.17. The van der Waals surface area contributed by atoms with Gasteiger partial charge in [-0.05, 0) is 32.6 Å². The average Bonchev–Trinajstić information content (AvgIpc) is 2.56. The molecule has 0 saturated carbocycles. The van der Waals surface area contributed by atoms with E-state index in [0.717, 1.165) is 32.3 Å². The molecule has 0 radical (unpaired) electrons. The number of aliphatic carboxylic acids is 1. The number of carboxylic acid groups (broad SMARTS) is 1. The lowest BCUT2D eigenvalue weighted by Gasteiger charge is -2.26. The second-order valence-corrected chi connectivity index (χ2v) is 4.45. The standard InChI is InChI=1S/C11H20O3/c1-3-6-11(2,10(12)13)8-9-5-4-7-14-9/h9H,3-8H2,1-2H3,(H,12,13). The molecule has 1 aliphatic rings. The van der Waals surface area contributed by atoms with Gasteiger partial charge < -0.3 is 9.84 Å². The highest BCUT2D eigenvalue weighted by molar-refractivity contribution is 5.74. The van der Waals surface area contributed by atoms with Crippen molar-refractivity contribution in [1.82, 2.24) is 0 Å². The van der Waals surface area contributed by atoms with E-state index in [1.165, 1.54) is 0 Å². The van der Waals surface area contributed by atoms with Gasteiger partial charge in [-0.15, -0.1) is 0 Å². The van der Waals surface area contributed by atoms with Gasteiger partial charge in [0.1, 0.15) is 0 Å². The lowest BCUT2D eigenvalue weighted by Crippen LogP contribution is -2.31. The number of carbonyl (C=O) groups is 1. The molecule has 82 valence electrons. The van der Waals surface area contributed by atoms with Crippen molar-refractivity contribution < 1.29 is 14.6 Å². The lowest BCUT2D eigenvalue weighted by atomic mass is 9.80. The molecule has 1 aliphatic heterocycles. The lowest BCUT2D eigenvalue weighted by molar-refractivity contribution is -0.150. The Kier molecular flexibility index (Phi) is 3.93. The summed E-state index contributed by atoms with van der Waals surface area (Å²) in [7, 11) is 0. The van der Waals surface area contributed by atoms with Gasteiger partial charge in [-0.3, -0.25) is 4.79 Å². The molecule has 1 fully saturated rings. The summed E-state index contributed by atoms with van der Waals surface area (Å²) in [5.41, 5.74) is -0.593. The summed E-state index contributed by atoms with van der Waals surface area (Å²) in [4.78, 5) is 11.1. The fraction of sp³-hybridized carbons (Fsp3) is 0.909. The first-order valence-electron chi connectivity index (χ1n) is 5.43. The molecular formula is C11H20O3. The third-order valence-corrected chi connectivity index (χ3v) is 3.02. The Morgan fingerprint density at radius 2 is 2.36 bits per heavy atom. The summed E-state index contributed by atoms with van der Waals surface area (Å²) in [6, 6.07) is 0. The predicted octanol–water partition coefficient (Wildman–Crippen LogP) is 2.45. The summed E-state index contributed by atoms with van der Waals surface area (Å²) in [6.45, 7) is 4.66. The van der Waals surface area contributed by atoms with Crippen LogP contribution in [-0.4, -0.2) is 23.8 Å². The number of hydrogen-bond donors (Lipinski definition) is 1. The van der Waals surface area contributed by atoms with E-state index in [2.05, 4.69) is 0 Å². The zero-order valence-electron chi connectivity index (χ0n) is 9.08. The summed E-state index contributed by atoms with van der Waals surface area (Å²) >= 11 is 0. The predicted molar refractivity (Wildman–Crippen MR) is 54.2 cm³/mol. The largest absolute Gasteiger partial charge is 0.481 e. The van der Waals surface area contributed by atoms with Crippen LogP contribution in [0.1, 0.15) is 46.0 Å². The quantitative estimate of drug-likeness (QED) is 0.741. The van der Waals surface area contributed by atoms with Crippen LogP contribution in [0.25, 0.3) is 0 Å². The van der Waals surface area contributed by atoms with Gasteiger partial charge >= 0.3 is 5.97 Å². The Balaban J connectivity index is 2.53. The second kappa shape index (κ2) is 4.78. The summed E-state index contributed by atoms with van der Waals surface area (Å²) < 4.78 is 5.48. The van der Waals surface area contributed by atoms with Gasteiger partial charge in [0, 0.05) is 6.61 Å². The molecule has 1 N–H and O–H groups in total. The molecule has 0 aromatic heterocycles. The third kappa shape index (κ3) is 2.71. The number of hydrogen-bond acceptors (Lipinski definition) is 2. The van der Waals surface area contributed by atoms with Crippen molar-refractivity contribution in [1.29, 1.82) is 0 Å². The molecule has 2 atom stereocenters. The van der Waals surface area contributed by atoms with E-state index in [9.17, 15) is 4.79 Å². The van der Waals surface area contributed by atoms with E-state index in [-0.39, 0.29) is 6.10 Å². The molecule has 2 unspecified atom stereocenters. The summed E-state index contributed by atoms with van der Waals surface area (Å²) in [5.74, 6) is -0.685. The van der Waals surface area contributed by atoms with Gasteiger partial charge in [-0.25, -0.2) is 0 Å². The number of ether oxygens (including phenoxy) is 1. The van der Waals surface area contributed by atoms with Crippen molar-refractivity contribution in [2.45, 2.75) is 52.1 Å². The maximum atomic E-state index is 11.1. The molecule has 1 heterocycles. The molecule has 0 aromatic rings. The van der Waals surface area contributed by atoms with Crippen LogP contribution in [0.3, 0.4) is 0 Å². The Labute approximate surface area is 85.5 Å². The average molecular weight is 200 g/mol. The zero-order chi connectivity index (χ0) is 10.6. The van der Waals surface area contributed by atoms with E-state index in [4.69, 9.17) is 9.84 Å². The number of carboxylic acids is 1. The van der Waals surface area contributed by atoms with Gasteiger partial charge in [-0.1, -0.05) is 13.3 Å². The molecule has 3 nitrogen and oxygen atoms in total. The fourth-order valence-electron chi connectivity index (χ4n) is 2.16. The van der Waals surface area contributed by atoms with Crippen molar-refractivity contribution in [3.05, 3.63) is 0 Å². The first kappa shape index (κ1) is 11.5. The first-order valence-corrected chi connectivity index (χ1v) is 5.43. The van der Waals surface area contributed by atoms with Crippen LogP contribution in [0.15, 0.2) is 0 Å². The highest BCUT2D eigenvalue weighted by atomic mass is 16.5. The molecule has 0 bridgehead atoms. The normalized spacial score (nSPS) is 26.0. The molecule has 1 rings (SSSR count). The van der Waals surface area contributed by atoms with E-state index >= 15 is 0 Å². The monoisotopic (exact) mass is 200 g/mol. The Hall–Kier alpha value is -0.570. The van der Waals surface area contributed by atoms with Gasteiger partial charge in [0.2, 0.25) is 0 Å². The Morgan fingerprint density at radius 1 is 1.64 bits per heavy atom. The van der Waals surface area contributed by atoms with Crippen LogP contribution < -0.4 is 0 Å². The molecule has 0 amide bonds. The topological polar surface area (TPSA) is 46.5 Å². The van der Waals surface area contributed by atoms with Crippen LogP contribution in [0, 0.1) is 5.41 Å². The summed E-state index contributed by atoms with van der Waals surface area (Å²) in [6.07, 6.45) is 4.58. The minimum Gasteiger partial charge on any atom is -0.481 e. The van der Waals surface area contributed by atoms with Crippen LogP contribution >= 0.6 is 0 Å². The highest BCUT2D eigenvalue weighted by Gasteiger charge is 2.36. The van der Waals surface area contributed by atoms with Crippen molar-refractivity contribution >= 4 is 5.97 Å². The van der Waals surface area contributed by atoms with Crippen molar-refractivity contribution in [3.8, 4) is 0 Å². The van der Waals surface area contributed by atoms with E-state index in [1.807, 2.05) is 13.8 Å². The Bertz CT molecular complexity index is 197. The molecular weight excluding hydrogens is 180 g/mol. The second-order valence-electron chi connectivity index (χ2n) is 4.45. The Morgan fingerprint density at radius 3 is 2.79 bits per heavy atom. The van der Waals surface area contributed by atoms with Crippen LogP contribution in [0.4, 0.5) is 0 Å².